The Morgan fingerprint density at radius 1 is 1.09 bits per heavy atom. The summed E-state index contributed by atoms with van der Waals surface area (Å²) >= 11 is 0. The van der Waals surface area contributed by atoms with E-state index in [2.05, 4.69) is 10.2 Å². The van der Waals surface area contributed by atoms with Crippen LogP contribution in [0, 0.1) is 17.6 Å². The summed E-state index contributed by atoms with van der Waals surface area (Å²) in [5, 5.41) is 13.5. The van der Waals surface area contributed by atoms with Crippen molar-refractivity contribution in [2.24, 2.45) is 5.92 Å². The second kappa shape index (κ2) is 9.42. The predicted molar refractivity (Wildman–Crippen MR) is 129 cm³/mol. The molecule has 0 spiro atoms. The SMILES string of the molecule is CC(C)Cn1c(=O)c(C(=O)Nc2cc(F)c(N3CCN(C)CC3)c(F)c2)c(O)c2ccccc21. The number of halogens is 2. The summed E-state index contributed by atoms with van der Waals surface area (Å²) < 4.78 is 31.2. The van der Waals surface area contributed by atoms with E-state index in [1.54, 1.807) is 29.2 Å². The Morgan fingerprint density at radius 2 is 1.71 bits per heavy atom. The Bertz CT molecular complexity index is 1270. The monoisotopic (exact) mass is 470 g/mol. The zero-order valence-electron chi connectivity index (χ0n) is 19.4. The number of amides is 1. The van der Waals surface area contributed by atoms with Gasteiger partial charge in [-0.1, -0.05) is 26.0 Å². The third-order valence-electron chi connectivity index (χ3n) is 6.01. The zero-order chi connectivity index (χ0) is 24.6. The predicted octanol–water partition coefficient (Wildman–Crippen LogP) is 3.65. The normalized spacial score (nSPS) is 14.7. The number of aromatic hydroxyl groups is 1. The van der Waals surface area contributed by atoms with Gasteiger partial charge in [0.25, 0.3) is 11.5 Å². The van der Waals surface area contributed by atoms with Crippen LogP contribution in [0.4, 0.5) is 20.2 Å². The average Bonchev–Trinajstić information content (AvgIpc) is 2.77. The fourth-order valence-corrected chi connectivity index (χ4v) is 4.30. The molecule has 2 N–H and O–H groups in total. The molecule has 9 heteroatoms. The summed E-state index contributed by atoms with van der Waals surface area (Å²) in [7, 11) is 1.94. The molecule has 3 aromatic rings. The van der Waals surface area contributed by atoms with Crippen molar-refractivity contribution in [3.8, 4) is 5.75 Å². The number of pyridine rings is 1. The molecule has 0 unspecified atom stereocenters. The minimum absolute atomic E-state index is 0.104. The lowest BCUT2D eigenvalue weighted by Gasteiger charge is -2.34. The third-order valence-corrected chi connectivity index (χ3v) is 6.01. The fraction of sp³-hybridized carbons (Fsp3) is 0.360. The van der Waals surface area contributed by atoms with Gasteiger partial charge in [0, 0.05) is 43.8 Å². The van der Waals surface area contributed by atoms with Gasteiger partial charge in [0.2, 0.25) is 0 Å². The minimum Gasteiger partial charge on any atom is -0.506 e. The Labute approximate surface area is 196 Å². The quantitative estimate of drug-likeness (QED) is 0.595. The van der Waals surface area contributed by atoms with Gasteiger partial charge in [-0.25, -0.2) is 8.78 Å². The molecule has 1 saturated heterocycles. The molecule has 1 aliphatic rings. The molecule has 2 aromatic carbocycles. The van der Waals surface area contributed by atoms with E-state index in [1.165, 1.54) is 4.57 Å². The van der Waals surface area contributed by atoms with E-state index < -0.39 is 34.4 Å². The van der Waals surface area contributed by atoms with Crippen LogP contribution in [0.2, 0.25) is 0 Å². The van der Waals surface area contributed by atoms with E-state index >= 15 is 0 Å². The Hall–Kier alpha value is -3.46. The van der Waals surface area contributed by atoms with Crippen molar-refractivity contribution in [3.05, 3.63) is 63.9 Å². The van der Waals surface area contributed by atoms with E-state index in [-0.39, 0.29) is 17.3 Å². The number of rotatable bonds is 5. The van der Waals surface area contributed by atoms with E-state index in [0.717, 1.165) is 12.1 Å². The van der Waals surface area contributed by atoms with E-state index in [9.17, 15) is 23.5 Å². The summed E-state index contributed by atoms with van der Waals surface area (Å²) in [6, 6.07) is 8.80. The van der Waals surface area contributed by atoms with E-state index in [0.29, 0.717) is 43.6 Å². The van der Waals surface area contributed by atoms with E-state index in [1.807, 2.05) is 20.9 Å². The number of hydrogen-bond acceptors (Lipinski definition) is 5. The smallest absolute Gasteiger partial charge is 0.267 e. The van der Waals surface area contributed by atoms with Crippen LogP contribution >= 0.6 is 0 Å². The van der Waals surface area contributed by atoms with Gasteiger partial charge in [-0.15, -0.1) is 0 Å². The lowest BCUT2D eigenvalue weighted by Crippen LogP contribution is -2.45. The van der Waals surface area contributed by atoms with Gasteiger partial charge in [-0.3, -0.25) is 9.59 Å². The first-order valence-corrected chi connectivity index (χ1v) is 11.3. The molecule has 1 amide bonds. The van der Waals surface area contributed by atoms with Gasteiger partial charge in [0.05, 0.1) is 5.52 Å². The van der Waals surface area contributed by atoms with Crippen molar-refractivity contribution in [2.45, 2.75) is 20.4 Å². The van der Waals surface area contributed by atoms with Crippen molar-refractivity contribution in [1.82, 2.24) is 9.47 Å². The number of likely N-dealkylation sites (N-methyl/N-ethyl adjacent to an activating group) is 1. The molecule has 0 aliphatic carbocycles. The molecular formula is C25H28F2N4O3. The number of piperazine rings is 1. The van der Waals surface area contributed by atoms with Crippen molar-refractivity contribution in [1.29, 1.82) is 0 Å². The third kappa shape index (κ3) is 4.48. The van der Waals surface area contributed by atoms with Gasteiger partial charge < -0.3 is 24.8 Å². The first-order valence-electron chi connectivity index (χ1n) is 11.3. The van der Waals surface area contributed by atoms with E-state index in [4.69, 9.17) is 0 Å². The Balaban J connectivity index is 1.69. The summed E-state index contributed by atoms with van der Waals surface area (Å²) in [6.07, 6.45) is 0. The maximum Gasteiger partial charge on any atom is 0.267 e. The molecule has 0 atom stereocenters. The highest BCUT2D eigenvalue weighted by Crippen LogP contribution is 2.30. The number of nitrogens with zero attached hydrogens (tertiary/aromatic N) is 3. The summed E-state index contributed by atoms with van der Waals surface area (Å²) in [6.45, 7) is 6.53. The first-order chi connectivity index (χ1) is 16.2. The van der Waals surface area contributed by atoms with Crippen LogP contribution in [-0.2, 0) is 6.54 Å². The Morgan fingerprint density at radius 3 is 2.32 bits per heavy atom. The summed E-state index contributed by atoms with van der Waals surface area (Å²) in [5.41, 5.74) is -0.913. The van der Waals surface area contributed by atoms with Crippen molar-refractivity contribution in [2.75, 3.05) is 43.4 Å². The summed E-state index contributed by atoms with van der Waals surface area (Å²) in [4.78, 5) is 29.9. The number of aromatic nitrogens is 1. The molecule has 1 aliphatic heterocycles. The largest absolute Gasteiger partial charge is 0.506 e. The molecule has 2 heterocycles. The highest BCUT2D eigenvalue weighted by molar-refractivity contribution is 6.09. The van der Waals surface area contributed by atoms with Crippen LogP contribution < -0.4 is 15.8 Å². The van der Waals surface area contributed by atoms with Crippen molar-refractivity contribution >= 4 is 28.2 Å². The average molecular weight is 471 g/mol. The molecule has 7 nitrogen and oxygen atoms in total. The summed E-state index contributed by atoms with van der Waals surface area (Å²) in [5.74, 6) is -2.91. The molecule has 0 saturated carbocycles. The molecule has 1 fully saturated rings. The fourth-order valence-electron chi connectivity index (χ4n) is 4.30. The lowest BCUT2D eigenvalue weighted by atomic mass is 10.1. The van der Waals surface area contributed by atoms with Gasteiger partial charge >= 0.3 is 0 Å². The number of hydrogen-bond donors (Lipinski definition) is 2. The topological polar surface area (TPSA) is 77.8 Å². The number of fused-ring (bicyclic) bond motifs is 1. The van der Waals surface area contributed by atoms with Crippen LogP contribution in [0.25, 0.3) is 10.9 Å². The maximum atomic E-state index is 14.9. The van der Waals surface area contributed by atoms with Crippen LogP contribution in [0.3, 0.4) is 0 Å². The number of carbonyl (C=O) groups is 1. The van der Waals surface area contributed by atoms with Crippen LogP contribution in [0.5, 0.6) is 5.75 Å². The standard InChI is InChI=1S/C25H28F2N4O3/c1-15(2)14-31-20-7-5-4-6-17(20)23(32)21(25(31)34)24(33)28-16-12-18(26)22(19(27)13-16)30-10-8-29(3)9-11-30/h4-7,12-13,15,32H,8-11,14H2,1-3H3,(H,28,33). The van der Waals surface area contributed by atoms with Crippen molar-refractivity contribution in [3.63, 3.8) is 0 Å². The highest BCUT2D eigenvalue weighted by atomic mass is 19.1. The number of anilines is 2. The van der Waals surface area contributed by atoms with Gasteiger partial charge in [0.1, 0.15) is 17.0 Å². The van der Waals surface area contributed by atoms with Gasteiger partial charge in [-0.2, -0.15) is 0 Å². The number of benzene rings is 2. The first kappa shape index (κ1) is 23.7. The minimum atomic E-state index is -0.933. The Kier molecular flexibility index (Phi) is 6.56. The molecule has 0 radical (unpaired) electrons. The number of nitrogens with one attached hydrogen (secondary N) is 1. The number of para-hydroxylation sites is 1. The van der Waals surface area contributed by atoms with Crippen LogP contribution in [0.15, 0.2) is 41.2 Å². The molecule has 1 aromatic heterocycles. The molecule has 180 valence electrons. The molecular weight excluding hydrogens is 442 g/mol. The van der Waals surface area contributed by atoms with Gasteiger partial charge in [0.15, 0.2) is 11.6 Å². The molecule has 34 heavy (non-hydrogen) atoms. The molecule has 0 bridgehead atoms. The molecule has 4 rings (SSSR count). The second-order valence-corrected chi connectivity index (χ2v) is 9.08. The highest BCUT2D eigenvalue weighted by Gasteiger charge is 2.25. The number of carbonyl (C=O) groups excluding carboxylic acids is 1. The maximum absolute atomic E-state index is 14.9. The van der Waals surface area contributed by atoms with Crippen LogP contribution in [-0.4, -0.2) is 53.7 Å². The lowest BCUT2D eigenvalue weighted by molar-refractivity contribution is 0.102. The van der Waals surface area contributed by atoms with Gasteiger partial charge in [-0.05, 0) is 37.2 Å². The van der Waals surface area contributed by atoms with Crippen molar-refractivity contribution < 1.29 is 18.7 Å². The zero-order valence-corrected chi connectivity index (χ0v) is 19.4. The van der Waals surface area contributed by atoms with Crippen LogP contribution in [0.1, 0.15) is 24.2 Å². The second-order valence-electron chi connectivity index (χ2n) is 9.08.